The Morgan fingerprint density at radius 2 is 1.85 bits per heavy atom. The van der Waals surface area contributed by atoms with E-state index in [2.05, 4.69) is 13.8 Å². The fourth-order valence-electron chi connectivity index (χ4n) is 7.71. The molecule has 2 aromatic carbocycles. The van der Waals surface area contributed by atoms with Gasteiger partial charge in [0.1, 0.15) is 5.82 Å². The van der Waals surface area contributed by atoms with Crippen LogP contribution >= 0.6 is 0 Å². The quantitative estimate of drug-likeness (QED) is 0.289. The van der Waals surface area contributed by atoms with Crippen LogP contribution in [0.4, 0.5) is 14.9 Å². The molecule has 48 heavy (non-hydrogen) atoms. The number of rotatable bonds is 14. The Labute approximate surface area is 282 Å². The summed E-state index contributed by atoms with van der Waals surface area (Å²) < 4.78 is 25.6. The fraction of sp³-hybridized carbons (Fsp3) is 0.583. The number of benzene rings is 2. The van der Waals surface area contributed by atoms with Gasteiger partial charge in [0.15, 0.2) is 11.5 Å². The zero-order valence-electron chi connectivity index (χ0n) is 28.5. The van der Waals surface area contributed by atoms with E-state index in [1.807, 2.05) is 4.90 Å². The Kier molecular flexibility index (Phi) is 11.5. The number of ether oxygens (including phenoxy) is 2. The Balaban J connectivity index is 1.51. The maximum Gasteiger partial charge on any atom is 0.319 e. The van der Waals surface area contributed by atoms with E-state index in [0.717, 1.165) is 32.1 Å². The SMILES string of the molecule is CCCC(CCC)N(C(=O)CN1C[C@H](c2cc(CO)c3c(c2)OCO3)[C@@H](C(=O)O)[C@@H]1CCN1CCCN(C)C1=O)c1ccc(F)c(C)c1. The van der Waals surface area contributed by atoms with E-state index >= 15 is 0 Å². The van der Waals surface area contributed by atoms with Gasteiger partial charge in [0.05, 0.1) is 19.1 Å². The highest BCUT2D eigenvalue weighted by molar-refractivity contribution is 5.95. The number of aliphatic carboxylic acids is 1. The van der Waals surface area contributed by atoms with E-state index < -0.39 is 23.8 Å². The van der Waals surface area contributed by atoms with Gasteiger partial charge in [0.2, 0.25) is 12.7 Å². The first-order chi connectivity index (χ1) is 23.1. The van der Waals surface area contributed by atoms with Crippen molar-refractivity contribution in [1.82, 2.24) is 14.7 Å². The number of hydrogen-bond donors (Lipinski definition) is 2. The van der Waals surface area contributed by atoms with Crippen molar-refractivity contribution in [2.45, 2.75) is 83.9 Å². The number of aryl methyl sites for hydroxylation is 1. The summed E-state index contributed by atoms with van der Waals surface area (Å²) in [6.07, 6.45) is 4.45. The summed E-state index contributed by atoms with van der Waals surface area (Å²) in [7, 11) is 1.76. The number of carboxylic acids is 1. The average molecular weight is 669 g/mol. The van der Waals surface area contributed by atoms with Crippen molar-refractivity contribution in [3.63, 3.8) is 0 Å². The molecule has 3 aliphatic rings. The molecule has 2 N–H and O–H groups in total. The molecule has 0 bridgehead atoms. The number of nitrogens with zero attached hydrogens (tertiary/aromatic N) is 4. The van der Waals surface area contributed by atoms with Gasteiger partial charge in [-0.05, 0) is 74.1 Å². The molecule has 12 heteroatoms. The number of halogens is 1. The number of carbonyl (C=O) groups is 3. The van der Waals surface area contributed by atoms with Gasteiger partial charge in [0, 0.05) is 62.5 Å². The van der Waals surface area contributed by atoms with Crippen LogP contribution in [0.25, 0.3) is 0 Å². The second-order valence-corrected chi connectivity index (χ2v) is 13.3. The molecule has 2 aromatic rings. The molecule has 3 amide bonds. The third-order valence-corrected chi connectivity index (χ3v) is 10.1. The molecular weight excluding hydrogens is 619 g/mol. The highest BCUT2D eigenvalue weighted by atomic mass is 19.1. The first-order valence-corrected chi connectivity index (χ1v) is 17.2. The molecule has 3 heterocycles. The van der Waals surface area contributed by atoms with Gasteiger partial charge in [-0.1, -0.05) is 26.7 Å². The Morgan fingerprint density at radius 3 is 2.52 bits per heavy atom. The van der Waals surface area contributed by atoms with E-state index in [-0.39, 0.29) is 50.3 Å². The molecule has 2 fully saturated rings. The molecule has 11 nitrogen and oxygen atoms in total. The zero-order valence-corrected chi connectivity index (χ0v) is 28.5. The van der Waals surface area contributed by atoms with Crippen molar-refractivity contribution >= 4 is 23.6 Å². The van der Waals surface area contributed by atoms with Crippen molar-refractivity contribution in [2.24, 2.45) is 5.92 Å². The van der Waals surface area contributed by atoms with Gasteiger partial charge >= 0.3 is 12.0 Å². The van der Waals surface area contributed by atoms with Crippen LogP contribution in [0.2, 0.25) is 0 Å². The van der Waals surface area contributed by atoms with Gasteiger partial charge in [0.25, 0.3) is 0 Å². The Hall–Kier alpha value is -3.90. The van der Waals surface area contributed by atoms with Crippen molar-refractivity contribution in [2.75, 3.05) is 51.5 Å². The second-order valence-electron chi connectivity index (χ2n) is 13.3. The molecule has 5 rings (SSSR count). The lowest BCUT2D eigenvalue weighted by Crippen LogP contribution is -2.50. The normalized spacial score (nSPS) is 21.0. The van der Waals surface area contributed by atoms with E-state index in [4.69, 9.17) is 9.47 Å². The lowest BCUT2D eigenvalue weighted by Gasteiger charge is -2.36. The molecule has 0 unspecified atom stereocenters. The summed E-state index contributed by atoms with van der Waals surface area (Å²) in [5.74, 6) is -2.04. The van der Waals surface area contributed by atoms with Crippen LogP contribution in [0.1, 0.15) is 75.0 Å². The van der Waals surface area contributed by atoms with Gasteiger partial charge < -0.3 is 34.4 Å². The third-order valence-electron chi connectivity index (χ3n) is 10.1. The van der Waals surface area contributed by atoms with Crippen LogP contribution in [0.3, 0.4) is 0 Å². The first kappa shape index (κ1) is 35.4. The largest absolute Gasteiger partial charge is 0.481 e. The minimum Gasteiger partial charge on any atom is -0.481 e. The smallest absolute Gasteiger partial charge is 0.319 e. The number of fused-ring (bicyclic) bond motifs is 1. The topological polar surface area (TPSA) is 123 Å². The number of urea groups is 1. The van der Waals surface area contributed by atoms with Gasteiger partial charge in [-0.15, -0.1) is 0 Å². The van der Waals surface area contributed by atoms with Crippen LogP contribution in [0, 0.1) is 18.7 Å². The summed E-state index contributed by atoms with van der Waals surface area (Å²) in [5.41, 5.74) is 2.27. The number of aliphatic hydroxyl groups excluding tert-OH is 1. The van der Waals surface area contributed by atoms with Crippen LogP contribution in [-0.2, 0) is 16.2 Å². The zero-order chi connectivity index (χ0) is 34.5. The maximum absolute atomic E-state index is 14.5. The third kappa shape index (κ3) is 7.39. The van der Waals surface area contributed by atoms with Gasteiger partial charge in [-0.25, -0.2) is 9.18 Å². The molecule has 0 aliphatic carbocycles. The molecule has 3 atom stereocenters. The molecule has 0 radical (unpaired) electrons. The highest BCUT2D eigenvalue weighted by Crippen LogP contribution is 2.45. The highest BCUT2D eigenvalue weighted by Gasteiger charge is 2.48. The maximum atomic E-state index is 14.5. The average Bonchev–Trinajstić information content (AvgIpc) is 3.68. The van der Waals surface area contributed by atoms with Crippen LogP contribution in [-0.4, -0.2) is 101 Å². The van der Waals surface area contributed by atoms with Crippen molar-refractivity contribution < 1.29 is 38.5 Å². The van der Waals surface area contributed by atoms with Crippen molar-refractivity contribution in [1.29, 1.82) is 0 Å². The van der Waals surface area contributed by atoms with E-state index in [1.165, 1.54) is 6.07 Å². The predicted octanol–water partition coefficient (Wildman–Crippen LogP) is 4.97. The number of amides is 3. The number of aliphatic hydroxyl groups is 1. The number of hydrogen-bond acceptors (Lipinski definition) is 7. The summed E-state index contributed by atoms with van der Waals surface area (Å²) >= 11 is 0. The summed E-state index contributed by atoms with van der Waals surface area (Å²) in [4.78, 5) is 47.8. The summed E-state index contributed by atoms with van der Waals surface area (Å²) in [6.45, 7) is 7.38. The number of carboxylic acid groups (broad SMARTS) is 1. The molecule has 3 aliphatic heterocycles. The van der Waals surface area contributed by atoms with Crippen molar-refractivity contribution in [3.05, 3.63) is 52.8 Å². The van der Waals surface area contributed by atoms with E-state index in [9.17, 15) is 29.0 Å². The minimum atomic E-state index is -0.994. The number of anilines is 1. The van der Waals surface area contributed by atoms with Gasteiger partial charge in [-0.2, -0.15) is 0 Å². The van der Waals surface area contributed by atoms with Crippen LogP contribution in [0.15, 0.2) is 30.3 Å². The van der Waals surface area contributed by atoms with E-state index in [1.54, 1.807) is 52.9 Å². The van der Waals surface area contributed by atoms with Crippen LogP contribution in [0.5, 0.6) is 11.5 Å². The van der Waals surface area contributed by atoms with Crippen LogP contribution < -0.4 is 14.4 Å². The summed E-state index contributed by atoms with van der Waals surface area (Å²) in [6, 6.07) is 7.53. The molecule has 0 spiro atoms. The molecule has 2 saturated heterocycles. The molecule has 0 saturated carbocycles. The van der Waals surface area contributed by atoms with Gasteiger partial charge in [-0.3, -0.25) is 14.5 Å². The monoisotopic (exact) mass is 668 g/mol. The second kappa shape index (κ2) is 15.5. The number of carbonyl (C=O) groups excluding carboxylic acids is 2. The standard InChI is InChI=1S/C36H49FN4O7/c1-5-8-26(9-6-2)41(27-10-11-29(37)23(3)16-27)32(43)20-40-19-28(24-17-25(21-42)34-31(18-24)47-22-48-34)33(35(44)45)30(40)12-15-39-14-7-13-38(4)36(39)46/h10-11,16-18,26,28,30,33,42H,5-9,12-15,19-22H2,1-4H3,(H,44,45)/t28-,30+,33-/m1/s1. The van der Waals surface area contributed by atoms with E-state index in [0.29, 0.717) is 59.9 Å². The predicted molar refractivity (Wildman–Crippen MR) is 179 cm³/mol. The van der Waals surface area contributed by atoms with Crippen molar-refractivity contribution in [3.8, 4) is 11.5 Å². The molecule has 0 aromatic heterocycles. The summed E-state index contributed by atoms with van der Waals surface area (Å²) in [5, 5.41) is 20.8. The Bertz CT molecular complexity index is 1480. The fourth-order valence-corrected chi connectivity index (χ4v) is 7.71. The first-order valence-electron chi connectivity index (χ1n) is 17.2. The minimum absolute atomic E-state index is 0.00968. The molecule has 262 valence electrons. The molecular formula is C36H49FN4O7. The Morgan fingerprint density at radius 1 is 1.10 bits per heavy atom. The number of likely N-dealkylation sites (tertiary alicyclic amines) is 1. The lowest BCUT2D eigenvalue weighted by atomic mass is 9.83. The lowest BCUT2D eigenvalue weighted by molar-refractivity contribution is -0.143.